The molecule has 0 aromatic carbocycles. The van der Waals surface area contributed by atoms with Gasteiger partial charge in [0, 0.05) is 6.04 Å². The summed E-state index contributed by atoms with van der Waals surface area (Å²) in [6.07, 6.45) is 7.51. The molecule has 14 heavy (non-hydrogen) atoms. The van der Waals surface area contributed by atoms with Gasteiger partial charge in [0.25, 0.3) is 0 Å². The molecule has 1 heterocycles. The Morgan fingerprint density at radius 1 is 1.00 bits per heavy atom. The maximum atomic E-state index is 6.16. The average molecular weight is 192 g/mol. The summed E-state index contributed by atoms with van der Waals surface area (Å²) in [5.41, 5.74) is 0.480. The van der Waals surface area contributed by atoms with E-state index in [0.717, 1.165) is 23.7 Å². The van der Waals surface area contributed by atoms with Crippen LogP contribution in [0.1, 0.15) is 39.0 Å². The van der Waals surface area contributed by atoms with Gasteiger partial charge in [0.05, 0.1) is 5.54 Å². The molecule has 2 nitrogen and oxygen atoms in total. The lowest BCUT2D eigenvalue weighted by atomic mass is 9.50. The topological polar surface area (TPSA) is 29.0 Å². The molecule has 78 valence electrons. The zero-order valence-electron chi connectivity index (χ0n) is 8.95. The minimum Gasteiger partial charge on any atom is -0.268 e. The van der Waals surface area contributed by atoms with Crippen LogP contribution in [-0.4, -0.2) is 16.6 Å². The Balaban J connectivity index is 1.76. The van der Waals surface area contributed by atoms with Gasteiger partial charge in [-0.3, -0.25) is 5.84 Å². The lowest BCUT2D eigenvalue weighted by molar-refractivity contribution is -0.0357. The van der Waals surface area contributed by atoms with Crippen LogP contribution >= 0.6 is 0 Å². The maximum absolute atomic E-state index is 6.16. The van der Waals surface area contributed by atoms with Gasteiger partial charge in [0.2, 0.25) is 0 Å². The normalized spacial score (nSPS) is 69.0. The minimum absolute atomic E-state index is 0.480. The van der Waals surface area contributed by atoms with E-state index in [1.54, 1.807) is 6.42 Å². The summed E-state index contributed by atoms with van der Waals surface area (Å²) in [6, 6.07) is 0.678. The van der Waals surface area contributed by atoms with Crippen LogP contribution in [0, 0.1) is 23.7 Å². The summed E-state index contributed by atoms with van der Waals surface area (Å²) in [6.45, 7) is 2.34. The third-order valence-electron chi connectivity index (χ3n) is 5.91. The van der Waals surface area contributed by atoms with E-state index in [1.807, 2.05) is 0 Å². The second-order valence-electron chi connectivity index (χ2n) is 6.27. The van der Waals surface area contributed by atoms with Gasteiger partial charge in [-0.1, -0.05) is 0 Å². The van der Waals surface area contributed by atoms with Crippen molar-refractivity contribution in [1.82, 2.24) is 5.01 Å². The van der Waals surface area contributed by atoms with Crippen LogP contribution in [0.5, 0.6) is 0 Å². The van der Waals surface area contributed by atoms with Crippen LogP contribution in [0.2, 0.25) is 0 Å². The van der Waals surface area contributed by atoms with E-state index in [-0.39, 0.29) is 0 Å². The Labute approximate surface area is 85.8 Å². The second kappa shape index (κ2) is 2.19. The fraction of sp³-hybridized carbons (Fsp3) is 1.00. The predicted octanol–water partition coefficient (Wildman–Crippen LogP) is 1.76. The minimum atomic E-state index is 0.480. The Morgan fingerprint density at radius 3 is 1.79 bits per heavy atom. The Bertz CT molecular complexity index is 248. The van der Waals surface area contributed by atoms with Crippen molar-refractivity contribution in [3.63, 3.8) is 0 Å². The second-order valence-corrected chi connectivity index (χ2v) is 6.27. The van der Waals surface area contributed by atoms with Crippen molar-refractivity contribution >= 4 is 0 Å². The van der Waals surface area contributed by atoms with E-state index in [4.69, 9.17) is 5.84 Å². The first kappa shape index (κ1) is 8.12. The fourth-order valence-electron chi connectivity index (χ4n) is 5.54. The van der Waals surface area contributed by atoms with Gasteiger partial charge < -0.3 is 0 Å². The van der Waals surface area contributed by atoms with E-state index >= 15 is 0 Å². The first-order valence-corrected chi connectivity index (χ1v) is 6.27. The standard InChI is InChI=1S/C12H20N2/c1-7-12(14(7)13)10-3-8-2-9(5-10)6-11(12)4-8/h7-11H,2-6,13H2,1H3. The highest BCUT2D eigenvalue weighted by Crippen LogP contribution is 2.66. The number of hydrogen-bond donors (Lipinski definition) is 1. The average Bonchev–Trinajstić information content (AvgIpc) is 2.67. The van der Waals surface area contributed by atoms with Crippen molar-refractivity contribution in [2.45, 2.75) is 50.6 Å². The quantitative estimate of drug-likeness (QED) is 0.468. The molecule has 2 atom stereocenters. The summed E-state index contributed by atoms with van der Waals surface area (Å²) in [5.74, 6) is 10.2. The zero-order valence-corrected chi connectivity index (χ0v) is 8.95. The van der Waals surface area contributed by atoms with Gasteiger partial charge in [0.1, 0.15) is 0 Å². The molecule has 1 saturated heterocycles. The number of nitrogens with zero attached hydrogens (tertiary/aromatic N) is 1. The van der Waals surface area contributed by atoms with E-state index < -0.39 is 0 Å². The highest BCUT2D eigenvalue weighted by Gasteiger charge is 2.71. The molecule has 2 heteroatoms. The lowest BCUT2D eigenvalue weighted by Gasteiger charge is -2.55. The van der Waals surface area contributed by atoms with E-state index in [9.17, 15) is 0 Å². The maximum Gasteiger partial charge on any atom is 0.0578 e. The van der Waals surface area contributed by atoms with Gasteiger partial charge in [-0.2, -0.15) is 0 Å². The molecule has 4 saturated carbocycles. The largest absolute Gasteiger partial charge is 0.268 e. The molecule has 2 N–H and O–H groups in total. The van der Waals surface area contributed by atoms with Crippen molar-refractivity contribution in [1.29, 1.82) is 0 Å². The molecule has 5 rings (SSSR count). The highest BCUT2D eigenvalue weighted by molar-refractivity contribution is 5.24. The summed E-state index contributed by atoms with van der Waals surface area (Å²) in [7, 11) is 0. The number of nitrogens with two attached hydrogens (primary N) is 1. The SMILES string of the molecule is CC1N(N)C12C1CC3CC(C1)CC2C3. The van der Waals surface area contributed by atoms with Gasteiger partial charge in [0.15, 0.2) is 0 Å². The molecule has 4 aliphatic carbocycles. The first-order chi connectivity index (χ1) is 6.73. The third kappa shape index (κ3) is 0.674. The van der Waals surface area contributed by atoms with Crippen molar-refractivity contribution in [2.24, 2.45) is 29.5 Å². The highest BCUT2D eigenvalue weighted by atomic mass is 15.6. The van der Waals surface area contributed by atoms with Gasteiger partial charge >= 0.3 is 0 Å². The molecule has 2 unspecified atom stereocenters. The molecule has 1 spiro atoms. The molecule has 4 bridgehead atoms. The lowest BCUT2D eigenvalue weighted by Crippen LogP contribution is -2.53. The van der Waals surface area contributed by atoms with Crippen molar-refractivity contribution in [2.75, 3.05) is 0 Å². The van der Waals surface area contributed by atoms with Crippen molar-refractivity contribution < 1.29 is 0 Å². The Hall–Kier alpha value is -0.0800. The van der Waals surface area contributed by atoms with Gasteiger partial charge in [-0.15, -0.1) is 0 Å². The first-order valence-electron chi connectivity index (χ1n) is 6.27. The molecule has 0 aromatic heterocycles. The van der Waals surface area contributed by atoms with Crippen LogP contribution in [-0.2, 0) is 0 Å². The molecule has 0 amide bonds. The third-order valence-corrected chi connectivity index (χ3v) is 5.91. The summed E-state index contributed by atoms with van der Waals surface area (Å²) >= 11 is 0. The molecule has 1 aliphatic heterocycles. The van der Waals surface area contributed by atoms with Crippen LogP contribution in [0.15, 0.2) is 0 Å². The van der Waals surface area contributed by atoms with E-state index in [2.05, 4.69) is 11.9 Å². The molecule has 5 aliphatic rings. The van der Waals surface area contributed by atoms with Crippen LogP contribution in [0.25, 0.3) is 0 Å². The summed E-state index contributed by atoms with van der Waals surface area (Å²) in [4.78, 5) is 0. The molecule has 0 radical (unpaired) electrons. The fourth-order valence-corrected chi connectivity index (χ4v) is 5.54. The summed E-state index contributed by atoms with van der Waals surface area (Å²) in [5, 5.41) is 2.19. The number of hydrogen-bond acceptors (Lipinski definition) is 2. The van der Waals surface area contributed by atoms with Crippen molar-refractivity contribution in [3.8, 4) is 0 Å². The molecular formula is C12H20N2. The predicted molar refractivity (Wildman–Crippen MR) is 55.3 cm³/mol. The Morgan fingerprint density at radius 2 is 1.43 bits per heavy atom. The monoisotopic (exact) mass is 192 g/mol. The zero-order chi connectivity index (χ0) is 9.50. The van der Waals surface area contributed by atoms with Crippen molar-refractivity contribution in [3.05, 3.63) is 0 Å². The van der Waals surface area contributed by atoms with Gasteiger partial charge in [-0.25, -0.2) is 5.01 Å². The van der Waals surface area contributed by atoms with E-state index in [1.165, 1.54) is 25.7 Å². The smallest absolute Gasteiger partial charge is 0.0578 e. The van der Waals surface area contributed by atoms with Crippen LogP contribution in [0.4, 0.5) is 0 Å². The van der Waals surface area contributed by atoms with Crippen LogP contribution in [0.3, 0.4) is 0 Å². The summed E-state index contributed by atoms with van der Waals surface area (Å²) < 4.78 is 0. The molecular weight excluding hydrogens is 172 g/mol. The molecule has 5 fully saturated rings. The van der Waals surface area contributed by atoms with Gasteiger partial charge in [-0.05, 0) is 62.7 Å². The molecule has 0 aromatic rings. The van der Waals surface area contributed by atoms with Crippen LogP contribution < -0.4 is 5.84 Å². The van der Waals surface area contributed by atoms with E-state index in [0.29, 0.717) is 11.6 Å². The number of hydrazine groups is 1. The Kier molecular flexibility index (Phi) is 1.27. The number of rotatable bonds is 0.